The molecule has 1 fully saturated rings. The summed E-state index contributed by atoms with van der Waals surface area (Å²) in [6, 6.07) is 1.17. The Morgan fingerprint density at radius 3 is 2.90 bits per heavy atom. The Balaban J connectivity index is 1.85. The van der Waals surface area contributed by atoms with Crippen LogP contribution < -0.4 is 5.32 Å². The van der Waals surface area contributed by atoms with Crippen LogP contribution in [0.4, 0.5) is 10.2 Å². The second-order valence-corrected chi connectivity index (χ2v) is 5.29. The van der Waals surface area contributed by atoms with E-state index in [0.717, 1.165) is 32.4 Å². The maximum absolute atomic E-state index is 13.8. The number of carboxylic acids is 1. The number of carbonyl (C=O) groups is 1. The van der Waals surface area contributed by atoms with Crippen molar-refractivity contribution in [1.82, 2.24) is 9.88 Å². The van der Waals surface area contributed by atoms with E-state index in [-0.39, 0.29) is 11.4 Å². The Morgan fingerprint density at radius 2 is 2.25 bits per heavy atom. The van der Waals surface area contributed by atoms with Gasteiger partial charge >= 0.3 is 5.97 Å². The van der Waals surface area contributed by atoms with E-state index in [9.17, 15) is 9.18 Å². The minimum atomic E-state index is -1.27. The summed E-state index contributed by atoms with van der Waals surface area (Å²) < 4.78 is 13.8. The molecule has 6 heteroatoms. The van der Waals surface area contributed by atoms with E-state index in [2.05, 4.69) is 22.2 Å². The monoisotopic (exact) mass is 281 g/mol. The zero-order chi connectivity index (χ0) is 14.5. The third-order valence-electron chi connectivity index (χ3n) is 3.80. The summed E-state index contributed by atoms with van der Waals surface area (Å²) in [7, 11) is 2.12. The van der Waals surface area contributed by atoms with Crippen molar-refractivity contribution < 1.29 is 14.3 Å². The van der Waals surface area contributed by atoms with Gasteiger partial charge in [0.1, 0.15) is 5.56 Å². The van der Waals surface area contributed by atoms with E-state index >= 15 is 0 Å². The van der Waals surface area contributed by atoms with E-state index in [1.54, 1.807) is 0 Å². The molecule has 0 aromatic carbocycles. The zero-order valence-corrected chi connectivity index (χ0v) is 11.6. The Labute approximate surface area is 117 Å². The molecule has 0 atom stereocenters. The van der Waals surface area contributed by atoms with Gasteiger partial charge in [-0.25, -0.2) is 14.2 Å². The molecule has 2 heterocycles. The maximum Gasteiger partial charge on any atom is 0.338 e. The van der Waals surface area contributed by atoms with Crippen LogP contribution in [-0.4, -0.2) is 47.6 Å². The zero-order valence-electron chi connectivity index (χ0n) is 11.6. The lowest BCUT2D eigenvalue weighted by Gasteiger charge is -2.28. The van der Waals surface area contributed by atoms with Crippen LogP contribution in [-0.2, 0) is 0 Å². The summed E-state index contributed by atoms with van der Waals surface area (Å²) in [6.07, 6.45) is 4.57. The van der Waals surface area contributed by atoms with Gasteiger partial charge in [-0.05, 0) is 51.4 Å². The predicted molar refractivity (Wildman–Crippen MR) is 74.5 cm³/mol. The molecule has 0 unspecified atom stereocenters. The largest absolute Gasteiger partial charge is 0.478 e. The van der Waals surface area contributed by atoms with E-state index in [4.69, 9.17) is 5.11 Å². The minimum Gasteiger partial charge on any atom is -0.478 e. The van der Waals surface area contributed by atoms with Gasteiger partial charge in [-0.1, -0.05) is 0 Å². The van der Waals surface area contributed by atoms with Crippen LogP contribution in [0.25, 0.3) is 0 Å². The van der Waals surface area contributed by atoms with Crippen molar-refractivity contribution in [2.24, 2.45) is 5.92 Å². The van der Waals surface area contributed by atoms with Gasteiger partial charge in [0, 0.05) is 12.7 Å². The number of anilines is 1. The quantitative estimate of drug-likeness (QED) is 0.865. The Morgan fingerprint density at radius 1 is 1.55 bits per heavy atom. The van der Waals surface area contributed by atoms with Crippen molar-refractivity contribution >= 4 is 11.8 Å². The fourth-order valence-corrected chi connectivity index (χ4v) is 2.48. The SMILES string of the molecule is CN1CCC(CCNc2nccc(C(=O)O)c2F)CC1. The maximum atomic E-state index is 13.8. The molecule has 0 aliphatic carbocycles. The van der Waals surface area contributed by atoms with Crippen LogP contribution in [0.2, 0.25) is 0 Å². The van der Waals surface area contributed by atoms with Crippen molar-refractivity contribution in [1.29, 1.82) is 0 Å². The van der Waals surface area contributed by atoms with E-state index in [1.807, 2.05) is 0 Å². The topological polar surface area (TPSA) is 65.5 Å². The Bertz CT molecular complexity index is 473. The molecule has 2 N–H and O–H groups in total. The lowest BCUT2D eigenvalue weighted by molar-refractivity contribution is 0.0692. The van der Waals surface area contributed by atoms with Gasteiger partial charge in [0.15, 0.2) is 11.6 Å². The third-order valence-corrected chi connectivity index (χ3v) is 3.80. The highest BCUT2D eigenvalue weighted by molar-refractivity contribution is 5.88. The number of hydrogen-bond donors (Lipinski definition) is 2. The highest BCUT2D eigenvalue weighted by atomic mass is 19.1. The van der Waals surface area contributed by atoms with Gasteiger partial charge < -0.3 is 15.3 Å². The number of halogens is 1. The molecular weight excluding hydrogens is 261 g/mol. The average molecular weight is 281 g/mol. The van der Waals surface area contributed by atoms with E-state index in [1.165, 1.54) is 12.3 Å². The van der Waals surface area contributed by atoms with Crippen LogP contribution in [0.5, 0.6) is 0 Å². The number of nitrogens with zero attached hydrogens (tertiary/aromatic N) is 2. The van der Waals surface area contributed by atoms with E-state index in [0.29, 0.717) is 12.5 Å². The lowest BCUT2D eigenvalue weighted by atomic mass is 9.94. The smallest absolute Gasteiger partial charge is 0.338 e. The van der Waals surface area contributed by atoms with Gasteiger partial charge in [0.2, 0.25) is 0 Å². The molecule has 0 radical (unpaired) electrons. The molecule has 0 amide bonds. The lowest BCUT2D eigenvalue weighted by Crippen LogP contribution is -2.30. The molecule has 0 spiro atoms. The average Bonchev–Trinajstić information content (AvgIpc) is 2.42. The number of aromatic carboxylic acids is 1. The van der Waals surface area contributed by atoms with Gasteiger partial charge in [0.05, 0.1) is 0 Å². The van der Waals surface area contributed by atoms with Gasteiger partial charge in [0.25, 0.3) is 0 Å². The standard InChI is InChI=1S/C14H20FN3O2/c1-18-8-4-10(5-9-18)2-6-16-13-12(15)11(14(19)20)3-7-17-13/h3,7,10H,2,4-6,8-9H2,1H3,(H,16,17)(H,19,20). The summed E-state index contributed by atoms with van der Waals surface area (Å²) in [4.78, 5) is 17.0. The molecule has 0 saturated carbocycles. The number of rotatable bonds is 5. The van der Waals surface area contributed by atoms with Gasteiger partial charge in [-0.15, -0.1) is 0 Å². The predicted octanol–water partition coefficient (Wildman–Crippen LogP) is 2.06. The Hall–Kier alpha value is -1.69. The molecule has 1 aliphatic heterocycles. The van der Waals surface area contributed by atoms with Crippen molar-refractivity contribution in [2.75, 3.05) is 32.0 Å². The highest BCUT2D eigenvalue weighted by Crippen LogP contribution is 2.20. The molecule has 20 heavy (non-hydrogen) atoms. The molecule has 5 nitrogen and oxygen atoms in total. The first kappa shape index (κ1) is 14.7. The highest BCUT2D eigenvalue weighted by Gasteiger charge is 2.17. The number of pyridine rings is 1. The molecule has 110 valence electrons. The van der Waals surface area contributed by atoms with Crippen molar-refractivity contribution in [3.8, 4) is 0 Å². The fourth-order valence-electron chi connectivity index (χ4n) is 2.48. The number of hydrogen-bond acceptors (Lipinski definition) is 4. The number of nitrogens with one attached hydrogen (secondary N) is 1. The summed E-state index contributed by atoms with van der Waals surface area (Å²) in [6.45, 7) is 2.82. The molecule has 1 saturated heterocycles. The second kappa shape index (κ2) is 6.65. The van der Waals surface area contributed by atoms with Gasteiger partial charge in [-0.3, -0.25) is 0 Å². The van der Waals surface area contributed by atoms with E-state index < -0.39 is 11.8 Å². The molecule has 1 aliphatic rings. The van der Waals surface area contributed by atoms with Crippen LogP contribution in [0.15, 0.2) is 12.3 Å². The van der Waals surface area contributed by atoms with Crippen LogP contribution in [0, 0.1) is 11.7 Å². The summed E-state index contributed by atoms with van der Waals surface area (Å²) in [5.74, 6) is -1.39. The number of likely N-dealkylation sites (tertiary alicyclic amines) is 1. The van der Waals surface area contributed by atoms with Crippen LogP contribution >= 0.6 is 0 Å². The second-order valence-electron chi connectivity index (χ2n) is 5.29. The first-order chi connectivity index (χ1) is 9.58. The third kappa shape index (κ3) is 3.66. The molecule has 0 bridgehead atoms. The molecule has 1 aromatic heterocycles. The normalized spacial score (nSPS) is 17.1. The minimum absolute atomic E-state index is 0.0258. The van der Waals surface area contributed by atoms with Crippen molar-refractivity contribution in [2.45, 2.75) is 19.3 Å². The van der Waals surface area contributed by atoms with Crippen LogP contribution in [0.1, 0.15) is 29.6 Å². The number of aromatic nitrogens is 1. The molecular formula is C14H20FN3O2. The fraction of sp³-hybridized carbons (Fsp3) is 0.571. The summed E-state index contributed by atoms with van der Waals surface area (Å²) >= 11 is 0. The van der Waals surface area contributed by atoms with Crippen molar-refractivity contribution in [3.63, 3.8) is 0 Å². The summed E-state index contributed by atoms with van der Waals surface area (Å²) in [5.41, 5.74) is -0.346. The first-order valence-electron chi connectivity index (χ1n) is 6.88. The molecule has 1 aromatic rings. The number of piperidine rings is 1. The van der Waals surface area contributed by atoms with Crippen molar-refractivity contribution in [3.05, 3.63) is 23.6 Å². The number of carboxylic acid groups (broad SMARTS) is 1. The summed E-state index contributed by atoms with van der Waals surface area (Å²) in [5, 5.41) is 11.7. The van der Waals surface area contributed by atoms with Gasteiger partial charge in [-0.2, -0.15) is 0 Å². The Kier molecular flexibility index (Phi) is 4.89. The molecule has 2 rings (SSSR count). The van der Waals surface area contributed by atoms with Crippen LogP contribution in [0.3, 0.4) is 0 Å². The first-order valence-corrected chi connectivity index (χ1v) is 6.88.